The molecule has 1 atom stereocenters. The van der Waals surface area contributed by atoms with Gasteiger partial charge in [-0.05, 0) is 36.2 Å². The lowest BCUT2D eigenvalue weighted by Gasteiger charge is -2.39. The van der Waals surface area contributed by atoms with E-state index in [1.54, 1.807) is 24.3 Å². The van der Waals surface area contributed by atoms with Crippen molar-refractivity contribution in [1.29, 1.82) is 0 Å². The molecule has 4 aromatic rings. The standard InChI is InChI=1S/C20H17N3O5S/c1-11-9-23(10-11)14-4-2-12-6-15(20(24)28-17(12)8-14)19-21-16-5-3-13(22-29(25)26)7-18(16)27-19/h2-8,11,22H,9-10H2,1H3,(H,25,26). The molecule has 8 nitrogen and oxygen atoms in total. The first-order valence-electron chi connectivity index (χ1n) is 9.07. The van der Waals surface area contributed by atoms with Crippen LogP contribution in [-0.2, 0) is 11.3 Å². The van der Waals surface area contributed by atoms with E-state index in [0.717, 1.165) is 24.2 Å². The zero-order chi connectivity index (χ0) is 20.1. The summed E-state index contributed by atoms with van der Waals surface area (Å²) >= 11 is -2.19. The van der Waals surface area contributed by atoms with Crippen molar-refractivity contribution in [3.8, 4) is 11.5 Å². The van der Waals surface area contributed by atoms with E-state index in [1.807, 2.05) is 18.2 Å². The van der Waals surface area contributed by atoms with Crippen molar-refractivity contribution in [3.05, 3.63) is 52.9 Å². The van der Waals surface area contributed by atoms with Crippen molar-refractivity contribution in [2.24, 2.45) is 5.92 Å². The van der Waals surface area contributed by atoms with Gasteiger partial charge in [-0.15, -0.1) is 0 Å². The predicted molar refractivity (Wildman–Crippen MR) is 111 cm³/mol. The molecule has 0 radical (unpaired) electrons. The Kier molecular flexibility index (Phi) is 4.14. The first kappa shape index (κ1) is 17.9. The van der Waals surface area contributed by atoms with Gasteiger partial charge in [-0.25, -0.2) is 14.0 Å². The highest BCUT2D eigenvalue weighted by Crippen LogP contribution is 2.30. The van der Waals surface area contributed by atoms with Gasteiger partial charge in [0.05, 0.1) is 5.69 Å². The van der Waals surface area contributed by atoms with E-state index in [0.29, 0.717) is 28.3 Å². The molecule has 0 saturated carbocycles. The summed E-state index contributed by atoms with van der Waals surface area (Å²) < 4.78 is 33.5. The van der Waals surface area contributed by atoms with Crippen LogP contribution in [0, 0.1) is 5.92 Å². The van der Waals surface area contributed by atoms with Crippen LogP contribution >= 0.6 is 0 Å². The Morgan fingerprint density at radius 2 is 1.97 bits per heavy atom. The summed E-state index contributed by atoms with van der Waals surface area (Å²) in [6, 6.07) is 12.3. The second-order valence-corrected chi connectivity index (χ2v) is 7.93. The van der Waals surface area contributed by atoms with E-state index in [-0.39, 0.29) is 11.5 Å². The van der Waals surface area contributed by atoms with Crippen LogP contribution in [0.2, 0.25) is 0 Å². The van der Waals surface area contributed by atoms with Crippen molar-refractivity contribution in [3.63, 3.8) is 0 Å². The van der Waals surface area contributed by atoms with Gasteiger partial charge < -0.3 is 13.7 Å². The third kappa shape index (κ3) is 3.28. The largest absolute Gasteiger partial charge is 0.436 e. The third-order valence-corrected chi connectivity index (χ3v) is 5.38. The minimum Gasteiger partial charge on any atom is -0.436 e. The van der Waals surface area contributed by atoms with Gasteiger partial charge in [0.1, 0.15) is 16.7 Å². The first-order chi connectivity index (χ1) is 14.0. The van der Waals surface area contributed by atoms with Crippen molar-refractivity contribution in [2.75, 3.05) is 22.7 Å². The number of fused-ring (bicyclic) bond motifs is 2. The monoisotopic (exact) mass is 411 g/mol. The molecular formula is C20H17N3O5S. The molecule has 5 rings (SSSR count). The summed E-state index contributed by atoms with van der Waals surface area (Å²) in [5.41, 5.74) is 2.55. The first-order valence-corrected chi connectivity index (χ1v) is 10.2. The van der Waals surface area contributed by atoms with Crippen LogP contribution in [-0.4, -0.2) is 26.8 Å². The van der Waals surface area contributed by atoms with Crippen LogP contribution < -0.4 is 15.2 Å². The quantitative estimate of drug-likeness (QED) is 0.390. The Morgan fingerprint density at radius 3 is 2.72 bits per heavy atom. The van der Waals surface area contributed by atoms with Crippen molar-refractivity contribution in [1.82, 2.24) is 4.98 Å². The lowest BCUT2D eigenvalue weighted by molar-refractivity contribution is 0.447. The molecule has 1 aliphatic rings. The molecular weight excluding hydrogens is 394 g/mol. The highest BCUT2D eigenvalue weighted by atomic mass is 32.2. The Hall–Kier alpha value is -3.17. The molecule has 3 heterocycles. The fourth-order valence-electron chi connectivity index (χ4n) is 3.56. The fourth-order valence-corrected chi connectivity index (χ4v) is 3.89. The number of aromatic nitrogens is 1. The van der Waals surface area contributed by atoms with Crippen molar-refractivity contribution >= 4 is 44.7 Å². The van der Waals surface area contributed by atoms with Crippen LogP contribution in [0.25, 0.3) is 33.5 Å². The molecule has 1 saturated heterocycles. The maximum atomic E-state index is 12.6. The molecule has 1 unspecified atom stereocenters. The van der Waals surface area contributed by atoms with Gasteiger partial charge in [-0.1, -0.05) is 6.92 Å². The molecule has 9 heteroatoms. The normalized spacial score (nSPS) is 15.6. The van der Waals surface area contributed by atoms with E-state index in [9.17, 15) is 9.00 Å². The lowest BCUT2D eigenvalue weighted by Crippen LogP contribution is -2.45. The van der Waals surface area contributed by atoms with Crippen LogP contribution in [0.3, 0.4) is 0 Å². The molecule has 1 fully saturated rings. The molecule has 148 valence electrons. The number of hydrogen-bond donors (Lipinski definition) is 2. The summed E-state index contributed by atoms with van der Waals surface area (Å²) in [5.74, 6) is 0.811. The van der Waals surface area contributed by atoms with Gasteiger partial charge in [0.25, 0.3) is 11.3 Å². The van der Waals surface area contributed by atoms with Gasteiger partial charge in [0.2, 0.25) is 5.89 Å². The van der Waals surface area contributed by atoms with E-state index in [4.69, 9.17) is 13.4 Å². The molecule has 1 aliphatic heterocycles. The number of anilines is 2. The van der Waals surface area contributed by atoms with Crippen LogP contribution in [0.5, 0.6) is 0 Å². The molecule has 2 N–H and O–H groups in total. The zero-order valence-electron chi connectivity index (χ0n) is 15.4. The highest BCUT2D eigenvalue weighted by molar-refractivity contribution is 7.80. The van der Waals surface area contributed by atoms with E-state index >= 15 is 0 Å². The van der Waals surface area contributed by atoms with Gasteiger partial charge in [-0.2, -0.15) is 0 Å². The van der Waals surface area contributed by atoms with Crippen molar-refractivity contribution in [2.45, 2.75) is 6.92 Å². The topological polar surface area (TPSA) is 109 Å². The lowest BCUT2D eigenvalue weighted by atomic mass is 10.0. The zero-order valence-corrected chi connectivity index (χ0v) is 16.2. The Labute approximate surface area is 167 Å². The van der Waals surface area contributed by atoms with E-state index < -0.39 is 16.9 Å². The maximum Gasteiger partial charge on any atom is 0.349 e. The van der Waals surface area contributed by atoms with Gasteiger partial charge in [0.15, 0.2) is 5.58 Å². The summed E-state index contributed by atoms with van der Waals surface area (Å²) in [4.78, 5) is 19.2. The number of rotatable bonds is 4. The van der Waals surface area contributed by atoms with Crippen LogP contribution in [0.15, 0.2) is 56.1 Å². The van der Waals surface area contributed by atoms with E-state index in [2.05, 4.69) is 21.5 Å². The van der Waals surface area contributed by atoms with Crippen LogP contribution in [0.1, 0.15) is 6.92 Å². The summed E-state index contributed by atoms with van der Waals surface area (Å²) in [5, 5.41) is 0.775. The summed E-state index contributed by atoms with van der Waals surface area (Å²) in [6.07, 6.45) is 0. The van der Waals surface area contributed by atoms with Gasteiger partial charge in [-0.3, -0.25) is 9.27 Å². The minimum atomic E-state index is -2.19. The number of oxazole rings is 1. The molecule has 0 amide bonds. The van der Waals surface area contributed by atoms with Crippen molar-refractivity contribution < 1.29 is 17.6 Å². The predicted octanol–water partition coefficient (Wildman–Crippen LogP) is 3.61. The molecule has 29 heavy (non-hydrogen) atoms. The average molecular weight is 411 g/mol. The van der Waals surface area contributed by atoms with Gasteiger partial charge >= 0.3 is 5.63 Å². The summed E-state index contributed by atoms with van der Waals surface area (Å²) in [7, 11) is 0. The third-order valence-electron chi connectivity index (χ3n) is 4.97. The number of nitrogens with zero attached hydrogens (tertiary/aromatic N) is 2. The second-order valence-electron chi connectivity index (χ2n) is 7.23. The number of nitrogens with one attached hydrogen (secondary N) is 1. The molecule has 0 aliphatic carbocycles. The number of benzene rings is 2. The van der Waals surface area contributed by atoms with Gasteiger partial charge in [0, 0.05) is 36.3 Å². The Bertz CT molecular complexity index is 1320. The molecule has 0 bridgehead atoms. The molecule has 0 spiro atoms. The Morgan fingerprint density at radius 1 is 1.14 bits per heavy atom. The Balaban J connectivity index is 1.54. The SMILES string of the molecule is CC1CN(c2ccc3cc(-c4nc5ccc(NS(=O)O)cc5o4)c(=O)oc3c2)C1. The van der Waals surface area contributed by atoms with Crippen LogP contribution in [0.4, 0.5) is 11.4 Å². The fraction of sp³-hybridized carbons (Fsp3) is 0.200. The average Bonchev–Trinajstić information content (AvgIpc) is 3.07. The number of hydrogen-bond acceptors (Lipinski definition) is 6. The summed E-state index contributed by atoms with van der Waals surface area (Å²) in [6.45, 7) is 4.20. The smallest absolute Gasteiger partial charge is 0.349 e. The minimum absolute atomic E-state index is 0.138. The highest BCUT2D eigenvalue weighted by Gasteiger charge is 2.23. The molecule has 2 aromatic carbocycles. The maximum absolute atomic E-state index is 12.6. The van der Waals surface area contributed by atoms with E-state index in [1.165, 1.54) is 0 Å². The molecule has 2 aromatic heterocycles. The second kappa shape index (κ2) is 6.71.